The van der Waals surface area contributed by atoms with E-state index in [-0.39, 0.29) is 30.3 Å². The summed E-state index contributed by atoms with van der Waals surface area (Å²) in [6, 6.07) is 16.8. The Balaban J connectivity index is 1.12. The van der Waals surface area contributed by atoms with Crippen LogP contribution >= 0.6 is 0 Å². The summed E-state index contributed by atoms with van der Waals surface area (Å²) in [4.78, 5) is 30.4. The monoisotopic (exact) mass is 620 g/mol. The van der Waals surface area contributed by atoms with Crippen LogP contribution in [0.5, 0.6) is 11.5 Å². The highest BCUT2D eigenvalue weighted by Crippen LogP contribution is 2.26. The van der Waals surface area contributed by atoms with Gasteiger partial charge < -0.3 is 14.2 Å². The molecule has 2 fully saturated rings. The van der Waals surface area contributed by atoms with E-state index in [2.05, 4.69) is 60.0 Å². The normalized spacial score (nSPS) is 17.8. The van der Waals surface area contributed by atoms with Gasteiger partial charge in [0.05, 0.1) is 25.6 Å². The third-order valence-corrected chi connectivity index (χ3v) is 9.21. The van der Waals surface area contributed by atoms with E-state index in [0.29, 0.717) is 0 Å². The Kier molecular flexibility index (Phi) is 15.2. The van der Waals surface area contributed by atoms with Crippen molar-refractivity contribution in [1.29, 1.82) is 0 Å². The summed E-state index contributed by atoms with van der Waals surface area (Å²) < 4.78 is 17.1. The second kappa shape index (κ2) is 19.6. The molecule has 248 valence electrons. The minimum absolute atomic E-state index is 0.111. The van der Waals surface area contributed by atoms with Gasteiger partial charge in [-0.1, -0.05) is 76.6 Å². The molecule has 0 saturated carbocycles. The number of benzene rings is 2. The molecule has 0 amide bonds. The van der Waals surface area contributed by atoms with E-state index >= 15 is 0 Å². The number of likely N-dealkylation sites (tertiary alicyclic amines) is 2. The predicted octanol–water partition coefficient (Wildman–Crippen LogP) is 7.94. The first kappa shape index (κ1) is 35.0. The fourth-order valence-electron chi connectivity index (χ4n) is 6.40. The van der Waals surface area contributed by atoms with Gasteiger partial charge in [-0.15, -0.1) is 0 Å². The van der Waals surface area contributed by atoms with Crippen LogP contribution in [0.3, 0.4) is 0 Å². The van der Waals surface area contributed by atoms with Crippen molar-refractivity contribution in [3.63, 3.8) is 0 Å². The van der Waals surface area contributed by atoms with Gasteiger partial charge in [0.25, 0.3) is 0 Å². The van der Waals surface area contributed by atoms with Gasteiger partial charge in [0.1, 0.15) is 11.5 Å². The van der Waals surface area contributed by atoms with Crippen LogP contribution in [0.4, 0.5) is 0 Å². The summed E-state index contributed by atoms with van der Waals surface area (Å²) in [7, 11) is 0. The fraction of sp³-hybridized carbons (Fsp3) is 0.632. The minimum atomic E-state index is -0.390. The van der Waals surface area contributed by atoms with Crippen LogP contribution in [0.15, 0.2) is 48.5 Å². The number of nitrogens with zero attached hydrogens (tertiary/aromatic N) is 2. The number of unbranched alkanes of at least 4 members (excludes halogenated alkanes) is 6. The molecule has 2 aliphatic heterocycles. The van der Waals surface area contributed by atoms with Gasteiger partial charge in [-0.3, -0.25) is 19.4 Å². The first-order valence-corrected chi connectivity index (χ1v) is 17.7. The maximum absolute atomic E-state index is 12.9. The summed E-state index contributed by atoms with van der Waals surface area (Å²) in [6.45, 7) is 10.2. The summed E-state index contributed by atoms with van der Waals surface area (Å²) in [5.41, 5.74) is 2.45. The molecule has 0 aliphatic carbocycles. The maximum Gasteiger partial charge on any atom is 0.316 e. The van der Waals surface area contributed by atoms with Crippen LogP contribution in [0.1, 0.15) is 108 Å². The van der Waals surface area contributed by atoms with Gasteiger partial charge >= 0.3 is 11.9 Å². The number of esters is 2. The van der Waals surface area contributed by atoms with Crippen LogP contribution in [0.25, 0.3) is 0 Å². The predicted molar refractivity (Wildman–Crippen MR) is 179 cm³/mol. The highest BCUT2D eigenvalue weighted by atomic mass is 16.6. The van der Waals surface area contributed by atoms with Crippen molar-refractivity contribution in [2.45, 2.75) is 116 Å². The van der Waals surface area contributed by atoms with E-state index in [9.17, 15) is 9.59 Å². The number of carbonyl (C=O) groups is 2. The molecule has 7 heteroatoms. The quantitative estimate of drug-likeness (QED) is 0.0897. The number of rotatable bonds is 19. The van der Waals surface area contributed by atoms with Crippen molar-refractivity contribution in [2.75, 3.05) is 32.8 Å². The number of hydrogen-bond donors (Lipinski definition) is 0. The topological polar surface area (TPSA) is 68.3 Å². The lowest BCUT2D eigenvalue weighted by molar-refractivity contribution is -0.164. The molecule has 0 aromatic heterocycles. The lowest BCUT2D eigenvalue weighted by atomic mass is 9.96. The second-order valence-corrected chi connectivity index (χ2v) is 12.9. The van der Waals surface area contributed by atoms with Gasteiger partial charge in [0.2, 0.25) is 0 Å². The van der Waals surface area contributed by atoms with Crippen molar-refractivity contribution in [3.8, 4) is 11.5 Å². The second-order valence-electron chi connectivity index (χ2n) is 12.9. The molecule has 2 aromatic carbocycles. The largest absolute Gasteiger partial charge is 0.494 e. The van der Waals surface area contributed by atoms with Crippen LogP contribution in [-0.4, -0.2) is 60.6 Å². The van der Waals surface area contributed by atoms with Gasteiger partial charge in [0, 0.05) is 19.1 Å². The number of hydrogen-bond acceptors (Lipinski definition) is 7. The summed E-state index contributed by atoms with van der Waals surface area (Å²) >= 11 is 0. The van der Waals surface area contributed by atoms with Crippen LogP contribution in [-0.2, 0) is 27.4 Å². The third kappa shape index (κ3) is 12.4. The lowest BCUT2D eigenvalue weighted by Gasteiger charge is -2.30. The Bertz CT molecular complexity index is 1130. The Morgan fingerprint density at radius 3 is 1.80 bits per heavy atom. The Morgan fingerprint density at radius 2 is 1.24 bits per heavy atom. The van der Waals surface area contributed by atoms with Crippen molar-refractivity contribution >= 4 is 11.9 Å². The zero-order chi connectivity index (χ0) is 31.7. The van der Waals surface area contributed by atoms with Gasteiger partial charge in [-0.2, -0.15) is 0 Å². The van der Waals surface area contributed by atoms with Crippen molar-refractivity contribution in [2.24, 2.45) is 5.92 Å². The fourth-order valence-corrected chi connectivity index (χ4v) is 6.40. The first-order chi connectivity index (χ1) is 22.0. The minimum Gasteiger partial charge on any atom is -0.494 e. The highest BCUT2D eigenvalue weighted by Gasteiger charge is 2.31. The Labute approximate surface area is 271 Å². The molecule has 7 nitrogen and oxygen atoms in total. The third-order valence-electron chi connectivity index (χ3n) is 9.21. The highest BCUT2D eigenvalue weighted by molar-refractivity contribution is 5.87. The smallest absolute Gasteiger partial charge is 0.316 e. The van der Waals surface area contributed by atoms with E-state index < -0.39 is 0 Å². The zero-order valence-electron chi connectivity index (χ0n) is 27.9. The summed E-state index contributed by atoms with van der Waals surface area (Å²) in [5, 5.41) is 0. The molecule has 2 saturated heterocycles. The Hall–Kier alpha value is -2.90. The molecule has 45 heavy (non-hydrogen) atoms. The molecule has 0 N–H and O–H groups in total. The van der Waals surface area contributed by atoms with E-state index in [1.165, 1.54) is 49.7 Å². The molecule has 2 heterocycles. The van der Waals surface area contributed by atoms with Crippen molar-refractivity contribution in [1.82, 2.24) is 9.80 Å². The molecule has 0 spiro atoms. The summed E-state index contributed by atoms with van der Waals surface area (Å²) in [6.07, 6.45) is 13.3. The van der Waals surface area contributed by atoms with E-state index in [4.69, 9.17) is 14.2 Å². The van der Waals surface area contributed by atoms with Gasteiger partial charge in [0.15, 0.2) is 0 Å². The molecular formula is C38H56N2O5. The number of piperidine rings is 1. The standard InChI is InChI=1S/C38H56N2O5/c1-3-5-7-9-26-43-35-17-13-31(14-18-35)29-39-24-21-33(22-25-39)38(42)45-37(41)28-34-12-11-23-40(34)30-32-15-19-36(20-16-32)44-27-10-8-6-4-2/h13-20,33-34H,3-12,21-30H2,1-2H3. The molecule has 2 aliphatic rings. The SMILES string of the molecule is CCCCCCOc1ccc(CN2CCC(C(=O)OC(=O)CC3CCCN3Cc3ccc(OCCCCCC)cc3)CC2)cc1. The molecule has 1 unspecified atom stereocenters. The zero-order valence-corrected chi connectivity index (χ0v) is 27.9. The molecule has 2 aromatic rings. The van der Waals surface area contributed by atoms with Crippen LogP contribution in [0.2, 0.25) is 0 Å². The van der Waals surface area contributed by atoms with E-state index in [0.717, 1.165) is 96.0 Å². The van der Waals surface area contributed by atoms with Crippen molar-refractivity contribution < 1.29 is 23.8 Å². The summed E-state index contributed by atoms with van der Waals surface area (Å²) in [5.74, 6) is 0.887. The van der Waals surface area contributed by atoms with Crippen LogP contribution in [0, 0.1) is 5.92 Å². The van der Waals surface area contributed by atoms with E-state index in [1.54, 1.807) is 0 Å². The molecule has 0 bridgehead atoms. The maximum atomic E-state index is 12.9. The van der Waals surface area contributed by atoms with Crippen LogP contribution < -0.4 is 9.47 Å². The average molecular weight is 621 g/mol. The van der Waals surface area contributed by atoms with Gasteiger partial charge in [-0.25, -0.2) is 0 Å². The first-order valence-electron chi connectivity index (χ1n) is 17.7. The molecule has 0 radical (unpaired) electrons. The molecular weight excluding hydrogens is 564 g/mol. The number of ether oxygens (including phenoxy) is 3. The average Bonchev–Trinajstić information content (AvgIpc) is 3.48. The number of carbonyl (C=O) groups excluding carboxylic acids is 2. The Morgan fingerprint density at radius 1 is 0.689 bits per heavy atom. The van der Waals surface area contributed by atoms with Crippen molar-refractivity contribution in [3.05, 3.63) is 59.7 Å². The molecule has 1 atom stereocenters. The van der Waals surface area contributed by atoms with Gasteiger partial charge in [-0.05, 0) is 93.6 Å². The lowest BCUT2D eigenvalue weighted by Crippen LogP contribution is -2.37. The molecule has 4 rings (SSSR count). The van der Waals surface area contributed by atoms with E-state index in [1.807, 2.05) is 12.1 Å².